The van der Waals surface area contributed by atoms with Crippen molar-refractivity contribution >= 4 is 17.7 Å². The lowest BCUT2D eigenvalue weighted by Crippen LogP contribution is -2.33. The van der Waals surface area contributed by atoms with Crippen molar-refractivity contribution in [1.29, 1.82) is 0 Å². The van der Waals surface area contributed by atoms with Gasteiger partial charge in [0.25, 0.3) is 0 Å². The molecule has 128 valence electrons. The minimum atomic E-state index is 0.150. The Labute approximate surface area is 145 Å². The molecule has 1 fully saturated rings. The van der Waals surface area contributed by atoms with Crippen LogP contribution in [0.25, 0.3) is 5.69 Å². The topological polar surface area (TPSA) is 73.1 Å². The first kappa shape index (κ1) is 16.8. The third-order valence-electron chi connectivity index (χ3n) is 4.04. The van der Waals surface area contributed by atoms with Crippen molar-refractivity contribution in [2.45, 2.75) is 30.8 Å². The van der Waals surface area contributed by atoms with Crippen molar-refractivity contribution in [3.63, 3.8) is 0 Å². The number of benzene rings is 1. The number of amides is 1. The van der Waals surface area contributed by atoms with E-state index in [-0.39, 0.29) is 5.91 Å². The van der Waals surface area contributed by atoms with Crippen LogP contribution in [-0.4, -0.2) is 57.0 Å². The number of nitrogens with zero attached hydrogens (tertiary/aromatic N) is 5. The van der Waals surface area contributed by atoms with E-state index in [0.717, 1.165) is 31.6 Å². The molecule has 7 nitrogen and oxygen atoms in total. The summed E-state index contributed by atoms with van der Waals surface area (Å²) in [5.74, 6) is 1.18. The van der Waals surface area contributed by atoms with E-state index in [9.17, 15) is 4.79 Å². The fraction of sp³-hybridized carbons (Fsp3) is 0.500. The van der Waals surface area contributed by atoms with E-state index in [1.165, 1.54) is 24.6 Å². The van der Waals surface area contributed by atoms with E-state index in [0.29, 0.717) is 16.7 Å². The molecule has 2 aromatic rings. The zero-order valence-electron chi connectivity index (χ0n) is 13.7. The molecular formula is C16H21N5O2S. The monoisotopic (exact) mass is 347 g/mol. The van der Waals surface area contributed by atoms with Crippen molar-refractivity contribution < 1.29 is 9.53 Å². The molecule has 1 aromatic heterocycles. The van der Waals surface area contributed by atoms with Crippen LogP contribution in [0, 0.1) is 0 Å². The minimum Gasteiger partial charge on any atom is -0.494 e. The zero-order chi connectivity index (χ0) is 16.8. The first-order chi connectivity index (χ1) is 11.8. The predicted molar refractivity (Wildman–Crippen MR) is 91.5 cm³/mol. The first-order valence-electron chi connectivity index (χ1n) is 8.12. The molecular weight excluding hydrogens is 326 g/mol. The van der Waals surface area contributed by atoms with Gasteiger partial charge in [0.2, 0.25) is 11.1 Å². The van der Waals surface area contributed by atoms with E-state index in [1.54, 1.807) is 11.8 Å². The summed E-state index contributed by atoms with van der Waals surface area (Å²) in [5.41, 5.74) is 0.759. The van der Waals surface area contributed by atoms with E-state index < -0.39 is 0 Å². The summed E-state index contributed by atoms with van der Waals surface area (Å²) in [5, 5.41) is 12.4. The quantitative estimate of drug-likeness (QED) is 0.772. The molecule has 0 spiro atoms. The average Bonchev–Trinajstić information content (AvgIpc) is 2.91. The number of para-hydroxylation sites is 2. The summed E-state index contributed by atoms with van der Waals surface area (Å²) in [4.78, 5) is 14.4. The van der Waals surface area contributed by atoms with Gasteiger partial charge in [-0.05, 0) is 35.4 Å². The van der Waals surface area contributed by atoms with Crippen LogP contribution in [-0.2, 0) is 4.79 Å². The van der Waals surface area contributed by atoms with Gasteiger partial charge < -0.3 is 9.64 Å². The van der Waals surface area contributed by atoms with Crippen LogP contribution in [0.1, 0.15) is 25.7 Å². The third-order valence-corrected chi connectivity index (χ3v) is 4.94. The standard InChI is InChI=1S/C16H21N5O2S/c1-23-14-9-5-4-8-13(14)21-16(17-18-19-21)24-12-15(22)20-10-6-2-3-7-11-20/h4-5,8-9H,2-3,6-7,10-12H2,1H3. The molecule has 1 aliphatic rings. The SMILES string of the molecule is COc1ccccc1-n1nnnc1SCC(=O)N1CCCCCC1. The molecule has 8 heteroatoms. The minimum absolute atomic E-state index is 0.150. The molecule has 0 aliphatic carbocycles. The highest BCUT2D eigenvalue weighted by molar-refractivity contribution is 7.99. The van der Waals surface area contributed by atoms with Crippen LogP contribution in [0.4, 0.5) is 0 Å². The maximum Gasteiger partial charge on any atom is 0.233 e. The normalized spacial score (nSPS) is 15.1. The van der Waals surface area contributed by atoms with E-state index in [2.05, 4.69) is 15.5 Å². The number of methoxy groups -OCH3 is 1. The number of hydrogen-bond donors (Lipinski definition) is 0. The van der Waals surface area contributed by atoms with Gasteiger partial charge in [-0.1, -0.05) is 36.7 Å². The molecule has 0 N–H and O–H groups in total. The second kappa shape index (κ2) is 8.14. The van der Waals surface area contributed by atoms with E-state index in [4.69, 9.17) is 4.74 Å². The average molecular weight is 347 g/mol. The number of ether oxygens (including phenoxy) is 1. The Morgan fingerprint density at radius 3 is 2.71 bits per heavy atom. The number of carbonyl (C=O) groups is 1. The molecule has 1 aliphatic heterocycles. The summed E-state index contributed by atoms with van der Waals surface area (Å²) in [6, 6.07) is 7.53. The lowest BCUT2D eigenvalue weighted by atomic mass is 10.2. The Bertz CT molecular complexity index is 683. The number of carbonyl (C=O) groups excluding carboxylic acids is 1. The van der Waals surface area contributed by atoms with Crippen LogP contribution in [0.5, 0.6) is 5.75 Å². The molecule has 1 saturated heterocycles. The van der Waals surface area contributed by atoms with Crippen LogP contribution in [0.3, 0.4) is 0 Å². The summed E-state index contributed by atoms with van der Waals surface area (Å²) < 4.78 is 6.97. The Hall–Kier alpha value is -2.09. The van der Waals surface area contributed by atoms with Gasteiger partial charge >= 0.3 is 0 Å². The molecule has 0 radical (unpaired) electrons. The summed E-state index contributed by atoms with van der Waals surface area (Å²) in [6.45, 7) is 1.72. The number of rotatable bonds is 5. The second-order valence-corrected chi connectivity index (χ2v) is 6.57. The van der Waals surface area contributed by atoms with Crippen molar-refractivity contribution in [1.82, 2.24) is 25.1 Å². The van der Waals surface area contributed by atoms with Gasteiger partial charge in [0.15, 0.2) is 0 Å². The number of likely N-dealkylation sites (tertiary alicyclic amines) is 1. The van der Waals surface area contributed by atoms with E-state index in [1.807, 2.05) is 29.2 Å². The lowest BCUT2D eigenvalue weighted by molar-refractivity contribution is -0.128. The van der Waals surface area contributed by atoms with Crippen LogP contribution >= 0.6 is 11.8 Å². The summed E-state index contributed by atoms with van der Waals surface area (Å²) in [7, 11) is 1.61. The van der Waals surface area contributed by atoms with Crippen molar-refractivity contribution in [2.75, 3.05) is 26.0 Å². The number of aromatic nitrogens is 4. The Kier molecular flexibility index (Phi) is 5.68. The van der Waals surface area contributed by atoms with Gasteiger partial charge in [0.1, 0.15) is 11.4 Å². The molecule has 1 amide bonds. The van der Waals surface area contributed by atoms with Crippen molar-refractivity contribution in [3.8, 4) is 11.4 Å². The van der Waals surface area contributed by atoms with E-state index >= 15 is 0 Å². The van der Waals surface area contributed by atoms with Crippen LogP contribution in [0.15, 0.2) is 29.4 Å². The van der Waals surface area contributed by atoms with Gasteiger partial charge in [-0.25, -0.2) is 0 Å². The Balaban J connectivity index is 1.68. The highest BCUT2D eigenvalue weighted by Gasteiger charge is 2.18. The molecule has 0 atom stereocenters. The predicted octanol–water partition coefficient (Wildman–Crippen LogP) is 2.17. The lowest BCUT2D eigenvalue weighted by Gasteiger charge is -2.19. The van der Waals surface area contributed by atoms with Gasteiger partial charge in [-0.3, -0.25) is 4.79 Å². The van der Waals surface area contributed by atoms with Crippen molar-refractivity contribution in [3.05, 3.63) is 24.3 Å². The van der Waals surface area contributed by atoms with Gasteiger partial charge in [-0.15, -0.1) is 5.10 Å². The van der Waals surface area contributed by atoms with Gasteiger partial charge in [0, 0.05) is 13.1 Å². The van der Waals surface area contributed by atoms with Crippen LogP contribution in [0.2, 0.25) is 0 Å². The summed E-state index contributed by atoms with van der Waals surface area (Å²) >= 11 is 1.36. The molecule has 0 unspecified atom stereocenters. The fourth-order valence-corrected chi connectivity index (χ4v) is 3.55. The highest BCUT2D eigenvalue weighted by Crippen LogP contribution is 2.25. The maximum absolute atomic E-state index is 12.4. The fourth-order valence-electron chi connectivity index (χ4n) is 2.76. The largest absolute Gasteiger partial charge is 0.494 e. The highest BCUT2D eigenvalue weighted by atomic mass is 32.2. The smallest absolute Gasteiger partial charge is 0.233 e. The molecule has 1 aromatic carbocycles. The van der Waals surface area contributed by atoms with Crippen LogP contribution < -0.4 is 4.74 Å². The molecule has 24 heavy (non-hydrogen) atoms. The number of tetrazole rings is 1. The molecule has 2 heterocycles. The summed E-state index contributed by atoms with van der Waals surface area (Å²) in [6.07, 6.45) is 4.61. The maximum atomic E-state index is 12.4. The molecule has 3 rings (SSSR count). The Morgan fingerprint density at radius 1 is 1.21 bits per heavy atom. The number of hydrogen-bond acceptors (Lipinski definition) is 6. The zero-order valence-corrected chi connectivity index (χ0v) is 14.5. The van der Waals surface area contributed by atoms with Gasteiger partial charge in [-0.2, -0.15) is 4.68 Å². The molecule has 0 saturated carbocycles. The number of thioether (sulfide) groups is 1. The molecule has 0 bridgehead atoms. The third kappa shape index (κ3) is 3.87. The van der Waals surface area contributed by atoms with Gasteiger partial charge in [0.05, 0.1) is 12.9 Å². The Morgan fingerprint density at radius 2 is 1.96 bits per heavy atom. The van der Waals surface area contributed by atoms with Crippen molar-refractivity contribution in [2.24, 2.45) is 0 Å². The first-order valence-corrected chi connectivity index (χ1v) is 9.10. The second-order valence-electron chi connectivity index (χ2n) is 5.63.